The van der Waals surface area contributed by atoms with Gasteiger partial charge >= 0.3 is 0 Å². The molecule has 1 heterocycles. The topological polar surface area (TPSA) is 43.8 Å². The molecular formula is C11H22N2O2. The van der Waals surface area contributed by atoms with E-state index >= 15 is 0 Å². The van der Waals surface area contributed by atoms with Crippen LogP contribution in [0.5, 0.6) is 0 Å². The summed E-state index contributed by atoms with van der Waals surface area (Å²) in [7, 11) is 2.04. The lowest BCUT2D eigenvalue weighted by Crippen LogP contribution is -2.52. The van der Waals surface area contributed by atoms with E-state index in [1.54, 1.807) is 4.90 Å². The molecule has 0 spiro atoms. The van der Waals surface area contributed by atoms with E-state index in [9.17, 15) is 9.90 Å². The molecular weight excluding hydrogens is 192 g/mol. The molecule has 0 aromatic heterocycles. The maximum atomic E-state index is 11.9. The standard InChI is InChI=1S/C11H22N2O2/c1-11(2,3)9(14)10(15)13-7-5-12(4)6-8-13/h9,14H,5-8H2,1-4H3. The van der Waals surface area contributed by atoms with Gasteiger partial charge in [0, 0.05) is 26.2 Å². The molecule has 0 aromatic carbocycles. The Balaban J connectivity index is 2.54. The molecule has 88 valence electrons. The van der Waals surface area contributed by atoms with E-state index in [-0.39, 0.29) is 11.3 Å². The Labute approximate surface area is 91.9 Å². The molecule has 1 N–H and O–H groups in total. The van der Waals surface area contributed by atoms with Crippen molar-refractivity contribution >= 4 is 5.91 Å². The first kappa shape index (κ1) is 12.5. The number of amides is 1. The van der Waals surface area contributed by atoms with Crippen molar-refractivity contribution in [1.82, 2.24) is 9.80 Å². The molecule has 15 heavy (non-hydrogen) atoms. The summed E-state index contributed by atoms with van der Waals surface area (Å²) in [6.07, 6.45) is -0.888. The predicted octanol–water partition coefficient (Wildman–Crippen LogP) is 0.167. The molecule has 1 unspecified atom stereocenters. The van der Waals surface area contributed by atoms with E-state index in [4.69, 9.17) is 0 Å². The number of piperazine rings is 1. The minimum Gasteiger partial charge on any atom is -0.383 e. The quantitative estimate of drug-likeness (QED) is 0.676. The molecule has 1 saturated heterocycles. The number of aliphatic hydroxyl groups is 1. The van der Waals surface area contributed by atoms with Gasteiger partial charge in [0.1, 0.15) is 6.10 Å². The van der Waals surface area contributed by atoms with Gasteiger partial charge in [-0.15, -0.1) is 0 Å². The Morgan fingerprint density at radius 3 is 2.07 bits per heavy atom. The van der Waals surface area contributed by atoms with Crippen LogP contribution < -0.4 is 0 Å². The number of likely N-dealkylation sites (N-methyl/N-ethyl adjacent to an activating group) is 1. The van der Waals surface area contributed by atoms with Crippen molar-refractivity contribution < 1.29 is 9.90 Å². The van der Waals surface area contributed by atoms with Crippen LogP contribution in [0.4, 0.5) is 0 Å². The molecule has 1 fully saturated rings. The Kier molecular flexibility index (Phi) is 3.73. The third-order valence-electron chi connectivity index (χ3n) is 2.87. The fourth-order valence-electron chi connectivity index (χ4n) is 1.57. The van der Waals surface area contributed by atoms with Crippen molar-refractivity contribution in [2.45, 2.75) is 26.9 Å². The van der Waals surface area contributed by atoms with Crippen LogP contribution in [-0.2, 0) is 4.79 Å². The largest absolute Gasteiger partial charge is 0.383 e. The lowest BCUT2D eigenvalue weighted by Gasteiger charge is -2.36. The molecule has 0 radical (unpaired) electrons. The molecule has 0 aliphatic carbocycles. The number of hydrogen-bond acceptors (Lipinski definition) is 3. The van der Waals surface area contributed by atoms with Crippen LogP contribution in [0.2, 0.25) is 0 Å². The van der Waals surface area contributed by atoms with Crippen LogP contribution in [0.3, 0.4) is 0 Å². The average molecular weight is 214 g/mol. The molecule has 0 saturated carbocycles. The van der Waals surface area contributed by atoms with Crippen molar-refractivity contribution in [3.63, 3.8) is 0 Å². The van der Waals surface area contributed by atoms with Gasteiger partial charge in [-0.1, -0.05) is 20.8 Å². The fraction of sp³-hybridized carbons (Fsp3) is 0.909. The summed E-state index contributed by atoms with van der Waals surface area (Å²) in [5, 5.41) is 9.87. The highest BCUT2D eigenvalue weighted by Crippen LogP contribution is 2.21. The van der Waals surface area contributed by atoms with Gasteiger partial charge in [-0.3, -0.25) is 4.79 Å². The monoisotopic (exact) mass is 214 g/mol. The zero-order valence-electron chi connectivity index (χ0n) is 10.2. The zero-order chi connectivity index (χ0) is 11.6. The molecule has 1 rings (SSSR count). The van der Waals surface area contributed by atoms with Gasteiger partial charge in [-0.25, -0.2) is 0 Å². The van der Waals surface area contributed by atoms with E-state index in [0.717, 1.165) is 26.2 Å². The SMILES string of the molecule is CN1CCN(C(=O)C(O)C(C)(C)C)CC1. The summed E-state index contributed by atoms with van der Waals surface area (Å²) >= 11 is 0. The number of carbonyl (C=O) groups is 1. The predicted molar refractivity (Wildman–Crippen MR) is 59.5 cm³/mol. The first-order valence-electron chi connectivity index (χ1n) is 5.48. The van der Waals surface area contributed by atoms with Crippen molar-refractivity contribution in [3.05, 3.63) is 0 Å². The first-order chi connectivity index (χ1) is 6.82. The second kappa shape index (κ2) is 4.49. The zero-order valence-corrected chi connectivity index (χ0v) is 10.2. The summed E-state index contributed by atoms with van der Waals surface area (Å²) in [5.74, 6) is -0.129. The van der Waals surface area contributed by atoms with E-state index in [1.807, 2.05) is 27.8 Å². The highest BCUT2D eigenvalue weighted by molar-refractivity contribution is 5.81. The van der Waals surface area contributed by atoms with Crippen LogP contribution in [-0.4, -0.2) is 60.1 Å². The summed E-state index contributed by atoms with van der Waals surface area (Å²) in [5.41, 5.74) is -0.375. The molecule has 0 aromatic rings. The molecule has 1 amide bonds. The summed E-state index contributed by atoms with van der Waals surface area (Å²) in [6, 6.07) is 0. The van der Waals surface area contributed by atoms with E-state index < -0.39 is 6.10 Å². The Morgan fingerprint density at radius 1 is 1.20 bits per heavy atom. The number of carbonyl (C=O) groups excluding carboxylic acids is 1. The number of rotatable bonds is 1. The first-order valence-corrected chi connectivity index (χ1v) is 5.48. The molecule has 1 aliphatic rings. The van der Waals surface area contributed by atoms with Gasteiger partial charge in [-0.05, 0) is 12.5 Å². The van der Waals surface area contributed by atoms with Gasteiger partial charge in [0.15, 0.2) is 0 Å². The third-order valence-corrected chi connectivity index (χ3v) is 2.87. The lowest BCUT2D eigenvalue weighted by molar-refractivity contribution is -0.147. The van der Waals surface area contributed by atoms with Crippen LogP contribution in [0.15, 0.2) is 0 Å². The maximum Gasteiger partial charge on any atom is 0.252 e. The molecule has 4 nitrogen and oxygen atoms in total. The van der Waals surface area contributed by atoms with Gasteiger partial charge in [0.05, 0.1) is 0 Å². The number of hydrogen-bond donors (Lipinski definition) is 1. The summed E-state index contributed by atoms with van der Waals surface area (Å²) < 4.78 is 0. The van der Waals surface area contributed by atoms with Crippen molar-refractivity contribution in [2.75, 3.05) is 33.2 Å². The Bertz CT molecular complexity index is 227. The Hall–Kier alpha value is -0.610. The second-order valence-electron chi connectivity index (χ2n) is 5.40. The molecule has 4 heteroatoms. The molecule has 0 bridgehead atoms. The van der Waals surface area contributed by atoms with Gasteiger partial charge < -0.3 is 14.9 Å². The lowest BCUT2D eigenvalue weighted by atomic mass is 9.88. The van der Waals surface area contributed by atoms with Gasteiger partial charge in [0.2, 0.25) is 0 Å². The molecule has 1 atom stereocenters. The van der Waals surface area contributed by atoms with Crippen molar-refractivity contribution in [3.8, 4) is 0 Å². The summed E-state index contributed by atoms with van der Waals surface area (Å²) in [6.45, 7) is 8.87. The van der Waals surface area contributed by atoms with Gasteiger partial charge in [0.25, 0.3) is 5.91 Å². The molecule has 1 aliphatic heterocycles. The van der Waals surface area contributed by atoms with E-state index in [2.05, 4.69) is 4.90 Å². The number of nitrogens with zero attached hydrogens (tertiary/aromatic N) is 2. The Morgan fingerprint density at radius 2 is 1.67 bits per heavy atom. The summed E-state index contributed by atoms with van der Waals surface area (Å²) in [4.78, 5) is 15.9. The van der Waals surface area contributed by atoms with Crippen LogP contribution in [0, 0.1) is 5.41 Å². The van der Waals surface area contributed by atoms with Gasteiger partial charge in [-0.2, -0.15) is 0 Å². The maximum absolute atomic E-state index is 11.9. The second-order valence-corrected chi connectivity index (χ2v) is 5.40. The smallest absolute Gasteiger partial charge is 0.252 e. The average Bonchev–Trinajstić information content (AvgIpc) is 2.15. The van der Waals surface area contributed by atoms with Crippen LogP contribution in [0.1, 0.15) is 20.8 Å². The minimum atomic E-state index is -0.888. The van der Waals surface area contributed by atoms with Crippen LogP contribution >= 0.6 is 0 Å². The minimum absolute atomic E-state index is 0.129. The highest BCUT2D eigenvalue weighted by atomic mass is 16.3. The number of aliphatic hydroxyl groups excluding tert-OH is 1. The third kappa shape index (κ3) is 3.18. The highest BCUT2D eigenvalue weighted by Gasteiger charge is 2.33. The van der Waals surface area contributed by atoms with E-state index in [1.165, 1.54) is 0 Å². The van der Waals surface area contributed by atoms with Crippen molar-refractivity contribution in [2.24, 2.45) is 5.41 Å². The van der Waals surface area contributed by atoms with Crippen molar-refractivity contribution in [1.29, 1.82) is 0 Å². The normalized spacial score (nSPS) is 21.5. The fourth-order valence-corrected chi connectivity index (χ4v) is 1.57. The van der Waals surface area contributed by atoms with E-state index in [0.29, 0.717) is 0 Å². The van der Waals surface area contributed by atoms with Crippen LogP contribution in [0.25, 0.3) is 0 Å².